The van der Waals surface area contributed by atoms with Crippen LogP contribution in [0.1, 0.15) is 51.4 Å². The fraction of sp³-hybridized carbons (Fsp3) is 0.275. The van der Waals surface area contributed by atoms with Crippen LogP contribution < -0.4 is 10.2 Å². The van der Waals surface area contributed by atoms with Crippen molar-refractivity contribution in [3.05, 3.63) is 148 Å². The van der Waals surface area contributed by atoms with Crippen molar-refractivity contribution < 1.29 is 41.3 Å². The van der Waals surface area contributed by atoms with Crippen LogP contribution in [0.3, 0.4) is 0 Å². The van der Waals surface area contributed by atoms with Crippen molar-refractivity contribution in [1.82, 2.24) is 20.2 Å². The molecule has 4 aromatic carbocycles. The first-order valence-corrected chi connectivity index (χ1v) is 17.4. The normalized spacial score (nSPS) is 19.1. The van der Waals surface area contributed by atoms with Crippen LogP contribution >= 0.6 is 0 Å². The van der Waals surface area contributed by atoms with Crippen LogP contribution in [0.5, 0.6) is 0 Å². The number of aliphatic hydroxyl groups excluding tert-OH is 1. The van der Waals surface area contributed by atoms with Crippen LogP contribution in [-0.4, -0.2) is 64.7 Å². The number of anilines is 1. The Labute approximate surface area is 308 Å². The van der Waals surface area contributed by atoms with Gasteiger partial charge in [0.1, 0.15) is 5.56 Å². The van der Waals surface area contributed by atoms with Crippen LogP contribution in [-0.2, 0) is 22.6 Å². The smallest absolute Gasteiger partial charge is 0.257 e. The third-order valence-electron chi connectivity index (χ3n) is 9.67. The molecule has 0 bridgehead atoms. The fourth-order valence-corrected chi connectivity index (χ4v) is 6.75. The van der Waals surface area contributed by atoms with Gasteiger partial charge in [-0.1, -0.05) is 72.8 Å². The lowest BCUT2D eigenvalue weighted by molar-refractivity contribution is -0.253. The number of carbonyl (C=O) groups is 1. The predicted octanol–water partition coefficient (Wildman–Crippen LogP) is 6.63. The highest BCUT2D eigenvalue weighted by atomic mass is 19.2. The molecule has 2 N–H and O–H groups in total. The number of aliphatic hydroxyl groups is 1. The summed E-state index contributed by atoms with van der Waals surface area (Å²) >= 11 is 0. The summed E-state index contributed by atoms with van der Waals surface area (Å²) in [7, 11) is 0. The molecule has 2 saturated heterocycles. The Balaban J connectivity index is 1.06. The second-order valence-corrected chi connectivity index (χ2v) is 13.1. The molecule has 2 aliphatic heterocycles. The van der Waals surface area contributed by atoms with Gasteiger partial charge in [-0.2, -0.15) is 0 Å². The number of aromatic nitrogens is 2. The number of hydrogen-bond acceptors (Lipinski definition) is 8. The van der Waals surface area contributed by atoms with Crippen LogP contribution in [0, 0.1) is 29.1 Å². The predicted molar refractivity (Wildman–Crippen MR) is 188 cm³/mol. The maximum atomic E-state index is 14.3. The summed E-state index contributed by atoms with van der Waals surface area (Å²) in [5, 5.41) is 11.8. The average Bonchev–Trinajstić information content (AvgIpc) is 3.22. The van der Waals surface area contributed by atoms with E-state index in [4.69, 9.17) is 9.47 Å². The topological polar surface area (TPSA) is 100 Å². The van der Waals surface area contributed by atoms with Gasteiger partial charge in [0.05, 0.1) is 18.8 Å². The average molecular weight is 746 g/mol. The van der Waals surface area contributed by atoms with Gasteiger partial charge in [-0.15, -0.1) is 0 Å². The summed E-state index contributed by atoms with van der Waals surface area (Å²) in [4.78, 5) is 25.9. The highest BCUT2D eigenvalue weighted by Crippen LogP contribution is 2.39. The number of nitrogens with one attached hydrogen (secondary N) is 1. The molecule has 3 atom stereocenters. The number of piperazine rings is 1. The van der Waals surface area contributed by atoms with E-state index in [9.17, 15) is 31.9 Å². The van der Waals surface area contributed by atoms with Gasteiger partial charge >= 0.3 is 0 Å². The van der Waals surface area contributed by atoms with Crippen molar-refractivity contribution in [2.75, 3.05) is 37.6 Å². The van der Waals surface area contributed by atoms with Gasteiger partial charge in [-0.05, 0) is 33.9 Å². The van der Waals surface area contributed by atoms with Crippen molar-refractivity contribution in [3.8, 4) is 11.1 Å². The van der Waals surface area contributed by atoms with E-state index in [1.807, 2.05) is 48.5 Å². The minimum absolute atomic E-state index is 0.0622. The molecule has 280 valence electrons. The third kappa shape index (κ3) is 7.97. The lowest BCUT2D eigenvalue weighted by Crippen LogP contribution is -2.50. The van der Waals surface area contributed by atoms with Crippen molar-refractivity contribution in [3.63, 3.8) is 0 Å². The lowest BCUT2D eigenvalue weighted by atomic mass is 9.97. The maximum Gasteiger partial charge on any atom is 0.257 e. The van der Waals surface area contributed by atoms with E-state index >= 15 is 0 Å². The maximum absolute atomic E-state index is 14.3. The summed E-state index contributed by atoms with van der Waals surface area (Å²) in [6, 6.07) is 23.9. The molecule has 54 heavy (non-hydrogen) atoms. The zero-order chi connectivity index (χ0) is 37.8. The zero-order valence-corrected chi connectivity index (χ0v) is 28.9. The summed E-state index contributed by atoms with van der Waals surface area (Å²) in [6.07, 6.45) is 2.97. The van der Waals surface area contributed by atoms with E-state index in [0.717, 1.165) is 48.4 Å². The molecule has 2 aliphatic rings. The van der Waals surface area contributed by atoms with Gasteiger partial charge in [-0.3, -0.25) is 9.69 Å². The highest BCUT2D eigenvalue weighted by molar-refractivity contribution is 5.95. The van der Waals surface area contributed by atoms with Crippen LogP contribution in [0.4, 0.5) is 27.9 Å². The number of ether oxygens (including phenoxy) is 2. The van der Waals surface area contributed by atoms with Crippen molar-refractivity contribution >= 4 is 11.9 Å². The van der Waals surface area contributed by atoms with E-state index in [-0.39, 0.29) is 25.4 Å². The minimum Gasteiger partial charge on any atom is -0.392 e. The van der Waals surface area contributed by atoms with Crippen molar-refractivity contribution in [2.24, 2.45) is 0 Å². The van der Waals surface area contributed by atoms with E-state index in [0.29, 0.717) is 30.0 Å². The Morgan fingerprint density at radius 1 is 0.759 bits per heavy atom. The van der Waals surface area contributed by atoms with Crippen LogP contribution in [0.15, 0.2) is 91.3 Å². The van der Waals surface area contributed by atoms with Crippen LogP contribution in [0.25, 0.3) is 11.1 Å². The number of hydrogen-bond donors (Lipinski definition) is 2. The number of halogens is 5. The molecule has 3 unspecified atom stereocenters. The molecule has 5 aromatic rings. The Kier molecular flexibility index (Phi) is 11.2. The van der Waals surface area contributed by atoms with Crippen molar-refractivity contribution in [2.45, 2.75) is 38.1 Å². The molecule has 0 spiro atoms. The summed E-state index contributed by atoms with van der Waals surface area (Å²) < 4.78 is 82.6. The number of amides is 1. The molecule has 9 nitrogen and oxygen atoms in total. The Bertz CT molecular complexity index is 2060. The number of carbonyl (C=O) groups excluding carboxylic acids is 1. The molecular formula is C40H36F5N5O4. The first-order chi connectivity index (χ1) is 26.2. The first kappa shape index (κ1) is 37.1. The molecule has 0 aliphatic carbocycles. The Morgan fingerprint density at radius 3 is 2.06 bits per heavy atom. The Hall–Kier alpha value is -5.28. The minimum atomic E-state index is -2.34. The molecule has 1 amide bonds. The second-order valence-electron chi connectivity index (χ2n) is 13.1. The molecule has 1 aromatic heterocycles. The summed E-state index contributed by atoms with van der Waals surface area (Å²) in [6.45, 7) is 3.57. The molecule has 14 heteroatoms. The fourth-order valence-electron chi connectivity index (χ4n) is 6.75. The number of rotatable bonds is 10. The Morgan fingerprint density at radius 2 is 1.39 bits per heavy atom. The molecular weight excluding hydrogens is 709 g/mol. The van der Waals surface area contributed by atoms with E-state index in [2.05, 4.69) is 25.1 Å². The summed E-state index contributed by atoms with van der Waals surface area (Å²) in [5.74, 6) is -11.9. The van der Waals surface area contributed by atoms with Gasteiger partial charge in [0.2, 0.25) is 11.8 Å². The molecule has 0 saturated carbocycles. The number of nitrogens with zero attached hydrogens (tertiary/aromatic N) is 4. The highest BCUT2D eigenvalue weighted by Gasteiger charge is 2.34. The lowest BCUT2D eigenvalue weighted by Gasteiger charge is -2.40. The first-order valence-electron chi connectivity index (χ1n) is 17.4. The van der Waals surface area contributed by atoms with E-state index in [1.54, 1.807) is 42.7 Å². The second kappa shape index (κ2) is 16.4. The van der Waals surface area contributed by atoms with E-state index < -0.39 is 46.8 Å². The SMILES string of the molecule is O=C(NCc1ccccc1-c1ccc(C2OC(CN3CCN(c4ncccn4)CC3)CC(c3ccc(CO)cc3)O2)cc1)c1c(F)c(F)c(F)c(F)c1F. The quantitative estimate of drug-likeness (QED) is 0.0935. The standard InChI is InChI=1S/C40H36F5N5O4/c41-33-32(34(42)36(44)37(45)35(33)43)38(52)48-21-28-4-1-2-5-30(28)25-10-12-27(13-11-25)39-53-29(20-31(54-39)26-8-6-24(23-51)7-9-26)22-49-16-18-50(19-17-49)40-46-14-3-15-47-40/h1-15,29,31,39,51H,16-23H2,(H,48,52). The van der Waals surface area contributed by atoms with Crippen molar-refractivity contribution in [1.29, 1.82) is 0 Å². The van der Waals surface area contributed by atoms with Gasteiger partial charge < -0.3 is 24.8 Å². The molecule has 7 rings (SSSR count). The van der Waals surface area contributed by atoms with E-state index in [1.165, 1.54) is 0 Å². The van der Waals surface area contributed by atoms with Gasteiger partial charge in [0.25, 0.3) is 5.91 Å². The molecule has 2 fully saturated rings. The largest absolute Gasteiger partial charge is 0.392 e. The molecule has 0 radical (unpaired) electrons. The monoisotopic (exact) mass is 745 g/mol. The van der Waals surface area contributed by atoms with Crippen LogP contribution in [0.2, 0.25) is 0 Å². The molecule has 3 heterocycles. The summed E-state index contributed by atoms with van der Waals surface area (Å²) in [5.41, 5.74) is 2.94. The zero-order valence-electron chi connectivity index (χ0n) is 28.9. The van der Waals surface area contributed by atoms with Gasteiger partial charge in [0, 0.05) is 63.6 Å². The van der Waals surface area contributed by atoms with Gasteiger partial charge in [0.15, 0.2) is 29.6 Å². The third-order valence-corrected chi connectivity index (χ3v) is 9.67. The van der Waals surface area contributed by atoms with Gasteiger partial charge in [-0.25, -0.2) is 31.9 Å². The number of benzene rings is 4.